The van der Waals surface area contributed by atoms with Crippen LogP contribution < -0.4 is 0 Å². The third kappa shape index (κ3) is 98.6. The van der Waals surface area contributed by atoms with Gasteiger partial charge in [0.25, 0.3) is 0 Å². The molecule has 0 aromatic rings. The van der Waals surface area contributed by atoms with Gasteiger partial charge in [-0.2, -0.15) is 0 Å². The Balaban J connectivity index is -0.0000000387. The van der Waals surface area contributed by atoms with Crippen molar-refractivity contribution in [2.45, 2.75) is 130 Å². The molecule has 160 valence electrons. The maximum absolute atomic E-state index is 3.74. The van der Waals surface area contributed by atoms with E-state index in [4.69, 9.17) is 0 Å². The van der Waals surface area contributed by atoms with E-state index in [1.54, 1.807) is 0 Å². The first kappa shape index (κ1) is 44.2. The minimum atomic E-state index is 0.868. The van der Waals surface area contributed by atoms with Gasteiger partial charge < -0.3 is 0 Å². The van der Waals surface area contributed by atoms with Gasteiger partial charge in [0.15, 0.2) is 0 Å². The highest BCUT2D eigenvalue weighted by Gasteiger charge is 2.09. The number of hydrogen-bond donors (Lipinski definition) is 0. The topological polar surface area (TPSA) is 0 Å². The molecule has 0 aromatic carbocycles. The maximum atomic E-state index is 3.74. The van der Waals surface area contributed by atoms with Crippen LogP contribution in [0.15, 0.2) is 24.8 Å². The lowest BCUT2D eigenvalue weighted by molar-refractivity contribution is 0.343. The lowest BCUT2D eigenvalue weighted by Crippen LogP contribution is -2.06. The van der Waals surface area contributed by atoms with Gasteiger partial charge in [0, 0.05) is 0 Å². The van der Waals surface area contributed by atoms with Crippen molar-refractivity contribution in [3.63, 3.8) is 0 Å². The van der Waals surface area contributed by atoms with Gasteiger partial charge in [-0.25, -0.2) is 0 Å². The van der Waals surface area contributed by atoms with Gasteiger partial charge in [-0.05, 0) is 38.5 Å². The average molecular weight is 361 g/mol. The smallest absolute Gasteiger partial charge is 0.0351 e. The minimum Gasteiger partial charge on any atom is -0.103 e. The average Bonchev–Trinajstić information content (AvgIpc) is 2.67. The van der Waals surface area contributed by atoms with Gasteiger partial charge in [0.05, 0.1) is 0 Å². The van der Waals surface area contributed by atoms with Crippen molar-refractivity contribution in [3.8, 4) is 0 Å². The molecule has 0 aliphatic heterocycles. The fourth-order valence-corrected chi connectivity index (χ4v) is 1.41. The summed E-state index contributed by atoms with van der Waals surface area (Å²) in [5.74, 6) is 1.76. The molecule has 0 bridgehead atoms. The Morgan fingerprint density at radius 3 is 1.16 bits per heavy atom. The normalized spacial score (nSPS) is 9.24. The van der Waals surface area contributed by atoms with Crippen LogP contribution in [0, 0.1) is 11.8 Å². The molecule has 2 unspecified atom stereocenters. The van der Waals surface area contributed by atoms with Crippen molar-refractivity contribution in [1.29, 1.82) is 0 Å². The molecule has 0 spiro atoms. The molecule has 2 atom stereocenters. The monoisotopic (exact) mass is 360 g/mol. The van der Waals surface area contributed by atoms with E-state index in [1.807, 2.05) is 89.2 Å². The molecule has 0 saturated carbocycles. The van der Waals surface area contributed by atoms with Gasteiger partial charge in [-0.1, -0.05) is 114 Å². The highest BCUT2D eigenvalue weighted by molar-refractivity contribution is 4.78. The van der Waals surface area contributed by atoms with Gasteiger partial charge >= 0.3 is 0 Å². The summed E-state index contributed by atoms with van der Waals surface area (Å²) in [6, 6.07) is 0. The van der Waals surface area contributed by atoms with Crippen molar-refractivity contribution in [2.24, 2.45) is 11.8 Å². The predicted octanol–water partition coefficient (Wildman–Crippen LogP) is 10.7. The van der Waals surface area contributed by atoms with E-state index >= 15 is 0 Å². The fraction of sp³-hybridized carbons (Fsp3) is 0.840. The number of rotatable bonds is 6. The van der Waals surface area contributed by atoms with Crippen molar-refractivity contribution in [3.05, 3.63) is 24.8 Å². The largest absolute Gasteiger partial charge is 0.103 e. The van der Waals surface area contributed by atoms with Crippen LogP contribution in [0.3, 0.4) is 0 Å². The zero-order chi connectivity index (χ0) is 22.3. The van der Waals surface area contributed by atoms with Crippen LogP contribution >= 0.6 is 0 Å². The number of allylic oxidation sites excluding steroid dienone is 2. The second-order valence-corrected chi connectivity index (χ2v) is 4.82. The summed E-state index contributed by atoms with van der Waals surface area (Å²) < 4.78 is 0. The molecule has 25 heavy (non-hydrogen) atoms. The third-order valence-corrected chi connectivity index (χ3v) is 2.54. The molecule has 0 aliphatic rings. The van der Waals surface area contributed by atoms with Crippen LogP contribution in [-0.2, 0) is 0 Å². The van der Waals surface area contributed by atoms with E-state index < -0.39 is 0 Å². The first-order chi connectivity index (χ1) is 12.0. The van der Waals surface area contributed by atoms with E-state index in [2.05, 4.69) is 33.9 Å². The van der Waals surface area contributed by atoms with E-state index in [0.29, 0.717) is 0 Å². The Labute approximate surface area is 166 Å². The highest BCUT2D eigenvalue weighted by Crippen LogP contribution is 2.21. The molecule has 0 heterocycles. The molecule has 0 rings (SSSR count). The molecular formula is C25H60. The van der Waals surface area contributed by atoms with Crippen LogP contribution in [0.5, 0.6) is 0 Å². The first-order valence-electron chi connectivity index (χ1n) is 11.2. The van der Waals surface area contributed by atoms with Crippen LogP contribution in [0.1, 0.15) is 130 Å². The zero-order valence-corrected chi connectivity index (χ0v) is 21.5. The van der Waals surface area contributed by atoms with Gasteiger partial charge in [-0.15, -0.1) is 13.2 Å². The molecule has 0 aliphatic carbocycles. The molecule has 0 heteroatoms. The van der Waals surface area contributed by atoms with E-state index in [-0.39, 0.29) is 0 Å². The van der Waals surface area contributed by atoms with Crippen LogP contribution in [-0.4, -0.2) is 0 Å². The fourth-order valence-electron chi connectivity index (χ4n) is 1.41. The van der Waals surface area contributed by atoms with Crippen LogP contribution in [0.2, 0.25) is 0 Å². The molecule has 0 N–H and O–H groups in total. The van der Waals surface area contributed by atoms with Crippen molar-refractivity contribution < 1.29 is 0 Å². The molecule has 0 radical (unpaired) electrons. The summed E-state index contributed by atoms with van der Waals surface area (Å²) in [6.45, 7) is 38.2. The number of hydrogen-bond acceptors (Lipinski definition) is 0. The summed E-state index contributed by atoms with van der Waals surface area (Å²) >= 11 is 0. The Bertz CT molecular complexity index is 151. The van der Waals surface area contributed by atoms with E-state index in [1.165, 1.54) is 31.3 Å². The predicted molar refractivity (Wildman–Crippen MR) is 130 cm³/mol. The van der Waals surface area contributed by atoms with Gasteiger partial charge in [0.2, 0.25) is 0 Å². The lowest BCUT2D eigenvalue weighted by Gasteiger charge is -2.18. The quantitative estimate of drug-likeness (QED) is 0.413. The Morgan fingerprint density at radius 1 is 0.720 bits per heavy atom. The van der Waals surface area contributed by atoms with Crippen LogP contribution in [0.25, 0.3) is 0 Å². The SMILES string of the molecule is C=C(C)C.C=CCCC(C)C(C)CCC.CC.CC.CC.CC.CC. The summed E-state index contributed by atoms with van der Waals surface area (Å²) in [5, 5.41) is 0. The second-order valence-electron chi connectivity index (χ2n) is 4.82. The van der Waals surface area contributed by atoms with E-state index in [0.717, 1.165) is 11.8 Å². The summed E-state index contributed by atoms with van der Waals surface area (Å²) in [7, 11) is 0. The molecule has 0 fully saturated rings. The van der Waals surface area contributed by atoms with Crippen molar-refractivity contribution in [1.82, 2.24) is 0 Å². The second kappa shape index (κ2) is 65.3. The third-order valence-electron chi connectivity index (χ3n) is 2.54. The summed E-state index contributed by atoms with van der Waals surface area (Å²) in [6.07, 6.45) is 7.20. The molecule has 0 nitrogen and oxygen atoms in total. The standard InChI is InChI=1S/C11H22.C4H8.5C2H6/c1-5-7-9-11(4)10(3)8-6-2;1-4(2)3;5*1-2/h5,10-11H,1,6-9H2,2-4H3;1H2,2-3H3;5*1-2H3. The van der Waals surface area contributed by atoms with Gasteiger partial charge in [-0.3, -0.25) is 0 Å². The minimum absolute atomic E-state index is 0.868. The van der Waals surface area contributed by atoms with Crippen molar-refractivity contribution >= 4 is 0 Å². The van der Waals surface area contributed by atoms with Crippen LogP contribution in [0.4, 0.5) is 0 Å². The molecule has 0 aromatic heterocycles. The molecule has 0 amide bonds. The molecular weight excluding hydrogens is 300 g/mol. The summed E-state index contributed by atoms with van der Waals surface area (Å²) in [4.78, 5) is 0. The zero-order valence-electron chi connectivity index (χ0n) is 21.5. The Hall–Kier alpha value is -0.520. The Morgan fingerprint density at radius 2 is 0.960 bits per heavy atom. The Kier molecular flexibility index (Phi) is 115. The first-order valence-corrected chi connectivity index (χ1v) is 11.2. The maximum Gasteiger partial charge on any atom is -0.0351 e. The molecule has 0 saturated heterocycles. The lowest BCUT2D eigenvalue weighted by atomic mass is 9.88. The summed E-state index contributed by atoms with van der Waals surface area (Å²) in [5.41, 5.74) is 1.17. The van der Waals surface area contributed by atoms with Gasteiger partial charge in [0.1, 0.15) is 0 Å². The van der Waals surface area contributed by atoms with Crippen molar-refractivity contribution in [2.75, 3.05) is 0 Å². The van der Waals surface area contributed by atoms with E-state index in [9.17, 15) is 0 Å². The highest BCUT2D eigenvalue weighted by atomic mass is 14.1.